The Labute approximate surface area is 138 Å². The minimum Gasteiger partial charge on any atom is -0.478 e. The lowest BCUT2D eigenvalue weighted by molar-refractivity contribution is -0.127. The Hall–Kier alpha value is -2.34. The standard InChI is InChI=1S/C17H18N2O3S/c1-19-13-6-2-3-7-14(13)22-15(17(19)21)8-9-18-16(20)11-12-5-4-10-23-12/h2-7,10,15H,8-9,11H2,1H3,(H,18,20). The summed E-state index contributed by atoms with van der Waals surface area (Å²) >= 11 is 1.56. The minimum absolute atomic E-state index is 0.0375. The van der Waals surface area contributed by atoms with Gasteiger partial charge in [0.1, 0.15) is 5.75 Å². The predicted molar refractivity (Wildman–Crippen MR) is 89.9 cm³/mol. The van der Waals surface area contributed by atoms with Gasteiger partial charge >= 0.3 is 0 Å². The summed E-state index contributed by atoms with van der Waals surface area (Å²) in [4.78, 5) is 26.8. The second kappa shape index (κ2) is 6.83. The molecule has 1 aromatic carbocycles. The Kier molecular flexibility index (Phi) is 4.62. The number of amides is 2. The highest BCUT2D eigenvalue weighted by atomic mass is 32.1. The maximum atomic E-state index is 12.3. The molecule has 1 aliphatic heterocycles. The van der Waals surface area contributed by atoms with Crippen LogP contribution in [-0.4, -0.2) is 31.5 Å². The van der Waals surface area contributed by atoms with Crippen molar-refractivity contribution in [2.45, 2.75) is 18.9 Å². The first kappa shape index (κ1) is 15.6. The van der Waals surface area contributed by atoms with Gasteiger partial charge in [-0.1, -0.05) is 18.2 Å². The Morgan fingerprint density at radius 3 is 2.91 bits per heavy atom. The lowest BCUT2D eigenvalue weighted by Crippen LogP contribution is -2.45. The molecule has 2 aromatic rings. The summed E-state index contributed by atoms with van der Waals surface area (Å²) in [5.74, 6) is 0.574. The van der Waals surface area contributed by atoms with E-state index in [4.69, 9.17) is 4.74 Å². The molecule has 1 aliphatic rings. The van der Waals surface area contributed by atoms with Crippen molar-refractivity contribution in [1.29, 1.82) is 0 Å². The number of rotatable bonds is 5. The molecule has 2 heterocycles. The topological polar surface area (TPSA) is 58.6 Å². The number of ether oxygens (including phenoxy) is 1. The van der Waals surface area contributed by atoms with Crippen LogP contribution in [0.2, 0.25) is 0 Å². The van der Waals surface area contributed by atoms with E-state index in [1.165, 1.54) is 0 Å². The van der Waals surface area contributed by atoms with Crippen molar-refractivity contribution in [1.82, 2.24) is 5.32 Å². The van der Waals surface area contributed by atoms with Crippen molar-refractivity contribution in [3.8, 4) is 5.75 Å². The first-order valence-electron chi connectivity index (χ1n) is 7.47. The summed E-state index contributed by atoms with van der Waals surface area (Å²) in [7, 11) is 1.74. The molecule has 1 unspecified atom stereocenters. The van der Waals surface area contributed by atoms with Gasteiger partial charge in [0.05, 0.1) is 12.1 Å². The highest BCUT2D eigenvalue weighted by molar-refractivity contribution is 7.10. The van der Waals surface area contributed by atoms with Crippen LogP contribution in [0.25, 0.3) is 0 Å². The summed E-state index contributed by atoms with van der Waals surface area (Å²) in [6.07, 6.45) is 0.269. The number of carbonyl (C=O) groups is 2. The van der Waals surface area contributed by atoms with Gasteiger partial charge in [-0.25, -0.2) is 0 Å². The van der Waals surface area contributed by atoms with Crippen LogP contribution in [0, 0.1) is 0 Å². The molecule has 6 heteroatoms. The Bertz CT molecular complexity index is 700. The number of hydrogen-bond acceptors (Lipinski definition) is 4. The Morgan fingerprint density at radius 1 is 1.30 bits per heavy atom. The van der Waals surface area contributed by atoms with Crippen LogP contribution in [0.1, 0.15) is 11.3 Å². The molecule has 1 aromatic heterocycles. The van der Waals surface area contributed by atoms with Crippen molar-refractivity contribution in [3.63, 3.8) is 0 Å². The highest BCUT2D eigenvalue weighted by Crippen LogP contribution is 2.33. The Morgan fingerprint density at radius 2 is 2.13 bits per heavy atom. The van der Waals surface area contributed by atoms with E-state index in [2.05, 4.69) is 5.32 Å². The van der Waals surface area contributed by atoms with Gasteiger partial charge in [-0.05, 0) is 23.6 Å². The highest BCUT2D eigenvalue weighted by Gasteiger charge is 2.31. The number of hydrogen-bond donors (Lipinski definition) is 1. The number of nitrogens with one attached hydrogen (secondary N) is 1. The lowest BCUT2D eigenvalue weighted by atomic mass is 10.1. The van der Waals surface area contributed by atoms with E-state index in [1.807, 2.05) is 41.8 Å². The molecule has 1 atom stereocenters. The van der Waals surface area contributed by atoms with E-state index in [1.54, 1.807) is 23.3 Å². The van der Waals surface area contributed by atoms with Gasteiger partial charge in [-0.2, -0.15) is 0 Å². The number of thiophene rings is 1. The van der Waals surface area contributed by atoms with Gasteiger partial charge in [0.25, 0.3) is 5.91 Å². The summed E-state index contributed by atoms with van der Waals surface area (Å²) in [6, 6.07) is 11.3. The molecule has 5 nitrogen and oxygen atoms in total. The van der Waals surface area contributed by atoms with Gasteiger partial charge < -0.3 is 15.0 Å². The summed E-state index contributed by atoms with van der Waals surface area (Å²) in [5, 5.41) is 4.79. The predicted octanol–water partition coefficient (Wildman–Crippen LogP) is 2.22. The molecule has 23 heavy (non-hydrogen) atoms. The fourth-order valence-corrected chi connectivity index (χ4v) is 3.23. The van der Waals surface area contributed by atoms with Gasteiger partial charge in [0, 0.05) is 24.9 Å². The molecule has 0 bridgehead atoms. The van der Waals surface area contributed by atoms with Crippen LogP contribution >= 0.6 is 11.3 Å². The zero-order chi connectivity index (χ0) is 16.2. The van der Waals surface area contributed by atoms with Crippen LogP contribution in [0.3, 0.4) is 0 Å². The zero-order valence-corrected chi connectivity index (χ0v) is 13.6. The number of nitrogens with zero attached hydrogens (tertiary/aromatic N) is 1. The van der Waals surface area contributed by atoms with E-state index in [9.17, 15) is 9.59 Å². The first-order chi connectivity index (χ1) is 11.1. The SMILES string of the molecule is CN1C(=O)C(CCNC(=O)Cc2cccs2)Oc2ccccc21. The molecule has 2 amide bonds. The maximum absolute atomic E-state index is 12.3. The van der Waals surface area contributed by atoms with E-state index in [0.29, 0.717) is 25.1 Å². The van der Waals surface area contributed by atoms with Crippen LogP contribution in [-0.2, 0) is 16.0 Å². The third-order valence-corrected chi connectivity index (χ3v) is 4.62. The van der Waals surface area contributed by atoms with Crippen molar-refractivity contribution < 1.29 is 14.3 Å². The number of para-hydroxylation sites is 2. The van der Waals surface area contributed by atoms with Crippen LogP contribution in [0.5, 0.6) is 5.75 Å². The fraction of sp³-hybridized carbons (Fsp3) is 0.294. The molecule has 120 valence electrons. The van der Waals surface area contributed by atoms with E-state index in [-0.39, 0.29) is 11.8 Å². The molecule has 0 spiro atoms. The molecule has 1 N–H and O–H groups in total. The number of anilines is 1. The van der Waals surface area contributed by atoms with Crippen LogP contribution < -0.4 is 15.0 Å². The number of fused-ring (bicyclic) bond motifs is 1. The minimum atomic E-state index is -0.558. The summed E-state index contributed by atoms with van der Waals surface area (Å²) < 4.78 is 5.76. The molecule has 3 rings (SSSR count). The molecular weight excluding hydrogens is 312 g/mol. The Balaban J connectivity index is 1.53. The summed E-state index contributed by atoms with van der Waals surface area (Å²) in [5.41, 5.74) is 0.774. The molecule has 0 saturated carbocycles. The van der Waals surface area contributed by atoms with Gasteiger partial charge in [-0.15, -0.1) is 11.3 Å². The average Bonchev–Trinajstić information content (AvgIpc) is 3.05. The third kappa shape index (κ3) is 3.53. The van der Waals surface area contributed by atoms with Gasteiger partial charge in [0.2, 0.25) is 5.91 Å². The summed E-state index contributed by atoms with van der Waals surface area (Å²) in [6.45, 7) is 0.413. The third-order valence-electron chi connectivity index (χ3n) is 3.75. The normalized spacial score (nSPS) is 16.7. The molecule has 0 saturated heterocycles. The quantitative estimate of drug-likeness (QED) is 0.914. The number of benzene rings is 1. The van der Waals surface area contributed by atoms with Crippen molar-refractivity contribution >= 4 is 28.8 Å². The fourth-order valence-electron chi connectivity index (χ4n) is 2.53. The largest absolute Gasteiger partial charge is 0.478 e. The second-order valence-electron chi connectivity index (χ2n) is 5.37. The molecule has 0 fully saturated rings. The smallest absolute Gasteiger partial charge is 0.267 e. The monoisotopic (exact) mass is 330 g/mol. The van der Waals surface area contributed by atoms with Crippen molar-refractivity contribution in [2.24, 2.45) is 0 Å². The second-order valence-corrected chi connectivity index (χ2v) is 6.40. The number of carbonyl (C=O) groups excluding carboxylic acids is 2. The maximum Gasteiger partial charge on any atom is 0.267 e. The van der Waals surface area contributed by atoms with Gasteiger partial charge in [-0.3, -0.25) is 9.59 Å². The van der Waals surface area contributed by atoms with Crippen LogP contribution in [0.4, 0.5) is 5.69 Å². The van der Waals surface area contributed by atoms with Crippen molar-refractivity contribution in [3.05, 3.63) is 46.7 Å². The van der Waals surface area contributed by atoms with Gasteiger partial charge in [0.15, 0.2) is 6.10 Å². The zero-order valence-electron chi connectivity index (χ0n) is 12.8. The first-order valence-corrected chi connectivity index (χ1v) is 8.35. The lowest BCUT2D eigenvalue weighted by Gasteiger charge is -2.31. The van der Waals surface area contributed by atoms with E-state index < -0.39 is 6.10 Å². The molecule has 0 aliphatic carbocycles. The average molecular weight is 330 g/mol. The number of likely N-dealkylation sites (N-methyl/N-ethyl adjacent to an activating group) is 1. The van der Waals surface area contributed by atoms with E-state index in [0.717, 1.165) is 10.6 Å². The molecular formula is C17H18N2O3S. The molecule has 0 radical (unpaired) electrons. The van der Waals surface area contributed by atoms with Crippen LogP contribution in [0.15, 0.2) is 41.8 Å². The van der Waals surface area contributed by atoms with Crippen molar-refractivity contribution in [2.75, 3.05) is 18.5 Å². The van der Waals surface area contributed by atoms with E-state index >= 15 is 0 Å².